The van der Waals surface area contributed by atoms with E-state index in [4.69, 9.17) is 11.6 Å². The Morgan fingerprint density at radius 1 is 1.14 bits per heavy atom. The summed E-state index contributed by atoms with van der Waals surface area (Å²) in [6.07, 6.45) is 4.29. The van der Waals surface area contributed by atoms with Gasteiger partial charge in [0.05, 0.1) is 0 Å². The maximum absolute atomic E-state index is 13.4. The van der Waals surface area contributed by atoms with Crippen LogP contribution in [0.15, 0.2) is 36.4 Å². The second-order valence-electron chi connectivity index (χ2n) is 5.66. The minimum Gasteiger partial charge on any atom is -0.313 e. The predicted octanol–water partition coefficient (Wildman–Crippen LogP) is 4.47. The van der Waals surface area contributed by atoms with Crippen molar-refractivity contribution in [3.05, 3.63) is 69.5 Å². The van der Waals surface area contributed by atoms with E-state index in [1.807, 2.05) is 7.05 Å². The summed E-state index contributed by atoms with van der Waals surface area (Å²) in [5, 5.41) is 3.95. The molecule has 2 aromatic rings. The van der Waals surface area contributed by atoms with Crippen LogP contribution in [0, 0.1) is 5.82 Å². The quantitative estimate of drug-likeness (QED) is 0.878. The molecule has 0 saturated carbocycles. The molecule has 0 aromatic heterocycles. The smallest absolute Gasteiger partial charge is 0.123 e. The molecule has 3 heteroatoms. The molecule has 0 amide bonds. The minimum absolute atomic E-state index is 0.148. The molecule has 0 spiro atoms. The molecule has 1 nitrogen and oxygen atoms in total. The Labute approximate surface area is 130 Å². The molecule has 2 aromatic carbocycles. The molecule has 0 heterocycles. The van der Waals surface area contributed by atoms with Crippen LogP contribution in [0.2, 0.25) is 5.02 Å². The fourth-order valence-electron chi connectivity index (χ4n) is 3.11. The Balaban J connectivity index is 1.86. The first kappa shape index (κ1) is 14.6. The van der Waals surface area contributed by atoms with E-state index in [0.717, 1.165) is 5.56 Å². The first-order valence-corrected chi connectivity index (χ1v) is 7.78. The second kappa shape index (κ2) is 6.17. The van der Waals surface area contributed by atoms with Crippen LogP contribution in [0.3, 0.4) is 0 Å². The molecule has 0 aliphatic heterocycles. The summed E-state index contributed by atoms with van der Waals surface area (Å²) in [7, 11) is 1.94. The molecule has 110 valence electrons. The van der Waals surface area contributed by atoms with Crippen LogP contribution in [0.5, 0.6) is 0 Å². The van der Waals surface area contributed by atoms with Crippen molar-refractivity contribution in [2.75, 3.05) is 7.05 Å². The van der Waals surface area contributed by atoms with Crippen molar-refractivity contribution in [1.29, 1.82) is 0 Å². The Morgan fingerprint density at radius 3 is 2.76 bits per heavy atom. The summed E-state index contributed by atoms with van der Waals surface area (Å²) in [4.78, 5) is 0. The van der Waals surface area contributed by atoms with E-state index >= 15 is 0 Å². The standard InChI is InChI=1S/C18H19ClFN/c1-21-18(11-15-10-16(20)7-8-17(15)19)14-6-5-12-3-2-4-13(12)9-14/h5-10,18,21H,2-4,11H2,1H3. The first-order chi connectivity index (χ1) is 10.2. The van der Waals surface area contributed by atoms with Gasteiger partial charge in [0, 0.05) is 11.1 Å². The highest BCUT2D eigenvalue weighted by atomic mass is 35.5. The lowest BCUT2D eigenvalue weighted by Gasteiger charge is -2.18. The number of hydrogen-bond donors (Lipinski definition) is 1. The van der Waals surface area contributed by atoms with Gasteiger partial charge in [0.15, 0.2) is 0 Å². The van der Waals surface area contributed by atoms with Crippen LogP contribution in [0.25, 0.3) is 0 Å². The average Bonchev–Trinajstić information content (AvgIpc) is 2.95. The Kier molecular flexibility index (Phi) is 4.27. The van der Waals surface area contributed by atoms with E-state index in [9.17, 15) is 4.39 Å². The third-order valence-electron chi connectivity index (χ3n) is 4.31. The summed E-state index contributed by atoms with van der Waals surface area (Å²) >= 11 is 6.18. The number of likely N-dealkylation sites (N-methyl/N-ethyl adjacent to an activating group) is 1. The Hall–Kier alpha value is -1.38. The summed E-state index contributed by atoms with van der Waals surface area (Å²) < 4.78 is 13.4. The van der Waals surface area contributed by atoms with Crippen LogP contribution >= 0.6 is 11.6 Å². The number of fused-ring (bicyclic) bond motifs is 1. The molecule has 1 N–H and O–H groups in total. The van der Waals surface area contributed by atoms with Crippen LogP contribution in [-0.4, -0.2) is 7.05 Å². The summed E-state index contributed by atoms with van der Waals surface area (Å²) in [6, 6.07) is 11.4. The summed E-state index contributed by atoms with van der Waals surface area (Å²) in [5.41, 5.74) is 5.02. The average molecular weight is 304 g/mol. The molecule has 0 bridgehead atoms. The zero-order valence-electron chi connectivity index (χ0n) is 12.1. The van der Waals surface area contributed by atoms with E-state index in [1.165, 1.54) is 48.1 Å². The highest BCUT2D eigenvalue weighted by Gasteiger charge is 2.16. The van der Waals surface area contributed by atoms with Crippen molar-refractivity contribution in [3.63, 3.8) is 0 Å². The van der Waals surface area contributed by atoms with Gasteiger partial charge in [-0.1, -0.05) is 29.8 Å². The van der Waals surface area contributed by atoms with Gasteiger partial charge in [-0.15, -0.1) is 0 Å². The van der Waals surface area contributed by atoms with Crippen LogP contribution in [-0.2, 0) is 19.3 Å². The van der Waals surface area contributed by atoms with Crippen molar-refractivity contribution < 1.29 is 4.39 Å². The number of rotatable bonds is 4. The third-order valence-corrected chi connectivity index (χ3v) is 4.67. The largest absolute Gasteiger partial charge is 0.313 e. The van der Waals surface area contributed by atoms with Crippen molar-refractivity contribution >= 4 is 11.6 Å². The highest BCUT2D eigenvalue weighted by Crippen LogP contribution is 2.28. The molecule has 1 atom stereocenters. The zero-order valence-corrected chi connectivity index (χ0v) is 12.9. The molecule has 0 radical (unpaired) electrons. The van der Waals surface area contributed by atoms with Gasteiger partial charge in [0.25, 0.3) is 0 Å². The van der Waals surface area contributed by atoms with E-state index in [1.54, 1.807) is 6.07 Å². The minimum atomic E-state index is -0.238. The molecule has 1 aliphatic rings. The Bertz CT molecular complexity index is 654. The molecule has 1 aliphatic carbocycles. The predicted molar refractivity (Wildman–Crippen MR) is 85.4 cm³/mol. The Morgan fingerprint density at radius 2 is 1.95 bits per heavy atom. The van der Waals surface area contributed by atoms with Crippen molar-refractivity contribution in [3.8, 4) is 0 Å². The summed E-state index contributed by atoms with van der Waals surface area (Å²) in [6.45, 7) is 0. The molecule has 1 unspecified atom stereocenters. The van der Waals surface area contributed by atoms with Gasteiger partial charge in [-0.25, -0.2) is 4.39 Å². The van der Waals surface area contributed by atoms with Crippen molar-refractivity contribution in [1.82, 2.24) is 5.32 Å². The van der Waals surface area contributed by atoms with Crippen molar-refractivity contribution in [2.24, 2.45) is 0 Å². The molecule has 21 heavy (non-hydrogen) atoms. The number of aryl methyl sites for hydroxylation is 2. The monoisotopic (exact) mass is 303 g/mol. The number of halogens is 2. The number of nitrogens with one attached hydrogen (secondary N) is 1. The van der Waals surface area contributed by atoms with Crippen LogP contribution in [0.1, 0.15) is 34.7 Å². The van der Waals surface area contributed by atoms with Crippen LogP contribution in [0.4, 0.5) is 4.39 Å². The fraction of sp³-hybridized carbons (Fsp3) is 0.333. The lowest BCUT2D eigenvalue weighted by Crippen LogP contribution is -2.19. The topological polar surface area (TPSA) is 12.0 Å². The van der Waals surface area contributed by atoms with Gasteiger partial charge < -0.3 is 5.32 Å². The van der Waals surface area contributed by atoms with E-state index in [2.05, 4.69) is 23.5 Å². The van der Waals surface area contributed by atoms with E-state index in [0.29, 0.717) is 11.4 Å². The molecule has 0 saturated heterocycles. The molecular weight excluding hydrogens is 285 g/mol. The number of benzene rings is 2. The molecule has 3 rings (SSSR count). The maximum atomic E-state index is 13.4. The third kappa shape index (κ3) is 3.12. The maximum Gasteiger partial charge on any atom is 0.123 e. The van der Waals surface area contributed by atoms with Gasteiger partial charge in [0.2, 0.25) is 0 Å². The second-order valence-corrected chi connectivity index (χ2v) is 6.07. The lowest BCUT2D eigenvalue weighted by molar-refractivity contribution is 0.584. The fourth-order valence-corrected chi connectivity index (χ4v) is 3.31. The molecular formula is C18H19ClFN. The van der Waals surface area contributed by atoms with Crippen molar-refractivity contribution in [2.45, 2.75) is 31.7 Å². The zero-order chi connectivity index (χ0) is 14.8. The van der Waals surface area contributed by atoms with Gasteiger partial charge in [-0.05, 0) is 73.2 Å². The van der Waals surface area contributed by atoms with Crippen LogP contribution < -0.4 is 5.32 Å². The number of hydrogen-bond acceptors (Lipinski definition) is 1. The van der Waals surface area contributed by atoms with Gasteiger partial charge >= 0.3 is 0 Å². The highest BCUT2D eigenvalue weighted by molar-refractivity contribution is 6.31. The lowest BCUT2D eigenvalue weighted by atomic mass is 9.96. The normalized spacial score (nSPS) is 15.0. The van der Waals surface area contributed by atoms with E-state index in [-0.39, 0.29) is 11.9 Å². The first-order valence-electron chi connectivity index (χ1n) is 7.40. The summed E-state index contributed by atoms with van der Waals surface area (Å²) in [5.74, 6) is -0.238. The molecule has 0 fully saturated rings. The van der Waals surface area contributed by atoms with Gasteiger partial charge in [-0.3, -0.25) is 0 Å². The van der Waals surface area contributed by atoms with Gasteiger partial charge in [0.1, 0.15) is 5.82 Å². The van der Waals surface area contributed by atoms with E-state index < -0.39 is 0 Å². The SMILES string of the molecule is CNC(Cc1cc(F)ccc1Cl)c1ccc2c(c1)CCC2. The van der Waals surface area contributed by atoms with Gasteiger partial charge in [-0.2, -0.15) is 0 Å².